The van der Waals surface area contributed by atoms with Crippen LogP contribution in [0.3, 0.4) is 0 Å². The fourth-order valence-electron chi connectivity index (χ4n) is 0.494. The van der Waals surface area contributed by atoms with E-state index in [1.54, 1.807) is 0 Å². The van der Waals surface area contributed by atoms with Crippen LogP contribution < -0.4 is 51.4 Å². The van der Waals surface area contributed by atoms with E-state index in [-0.39, 0.29) is 51.4 Å². The third-order valence-corrected chi connectivity index (χ3v) is 1.23. The zero-order chi connectivity index (χ0) is 7.98. The molecule has 0 nitrogen and oxygen atoms in total. The Bertz CT molecular complexity index is 148. The second-order valence-corrected chi connectivity index (χ2v) is 2.25. The molecule has 0 bridgehead atoms. The second kappa shape index (κ2) is 9.30. The Labute approximate surface area is 118 Å². The summed E-state index contributed by atoms with van der Waals surface area (Å²) in [7, 11) is 0. The van der Waals surface area contributed by atoms with Crippen LogP contribution in [0.4, 0.5) is 0 Å². The molecule has 0 heterocycles. The van der Waals surface area contributed by atoms with Crippen LogP contribution in [0.1, 0.15) is 19.4 Å². The normalized spacial score (nSPS) is 7.27. The first-order valence-corrected chi connectivity index (χ1v) is 3.91. The number of benzene rings is 1. The first-order chi connectivity index (χ1) is 4.79. The van der Waals surface area contributed by atoms with Crippen molar-refractivity contribution < 1.29 is 51.4 Å². The Balaban J connectivity index is 0. The first kappa shape index (κ1) is 14.7. The average molecular weight is 192 g/mol. The van der Waals surface area contributed by atoms with Gasteiger partial charge in [-0.3, -0.25) is 0 Å². The molecule has 0 N–H and O–H groups in total. The summed E-state index contributed by atoms with van der Waals surface area (Å²) in [5.74, 6) is 0. The van der Waals surface area contributed by atoms with Gasteiger partial charge < -0.3 is 0 Å². The van der Waals surface area contributed by atoms with Gasteiger partial charge in [-0.15, -0.1) is 4.90 Å². The Morgan fingerprint density at radius 3 is 2.09 bits per heavy atom. The van der Waals surface area contributed by atoms with E-state index in [0.29, 0.717) is 0 Å². The number of rotatable bonds is 0. The van der Waals surface area contributed by atoms with Crippen molar-refractivity contribution in [2.75, 3.05) is 0 Å². The maximum atomic E-state index is 4.10. The number of hydrogen-bond acceptors (Lipinski definition) is 1. The van der Waals surface area contributed by atoms with Crippen LogP contribution >= 0.6 is 12.6 Å². The van der Waals surface area contributed by atoms with Crippen LogP contribution in [0.2, 0.25) is 0 Å². The van der Waals surface area contributed by atoms with Crippen LogP contribution in [0.5, 0.6) is 0 Å². The molecule has 1 aromatic rings. The molecule has 0 aromatic heterocycles. The van der Waals surface area contributed by atoms with Gasteiger partial charge in [0.25, 0.3) is 0 Å². The van der Waals surface area contributed by atoms with Crippen molar-refractivity contribution in [2.24, 2.45) is 0 Å². The van der Waals surface area contributed by atoms with E-state index in [1.165, 1.54) is 0 Å². The molecule has 0 saturated heterocycles. The fourth-order valence-corrected chi connectivity index (χ4v) is 0.633. The van der Waals surface area contributed by atoms with Gasteiger partial charge in [-0.1, -0.05) is 20.8 Å². The summed E-state index contributed by atoms with van der Waals surface area (Å²) < 4.78 is 0. The molecule has 0 atom stereocenters. The minimum atomic E-state index is 0. The largest absolute Gasteiger partial charge is 1.00 e. The Hall–Kier alpha value is 1.21. The second-order valence-electron chi connectivity index (χ2n) is 1.73. The topological polar surface area (TPSA) is 0 Å². The van der Waals surface area contributed by atoms with E-state index in [1.807, 2.05) is 39.0 Å². The van der Waals surface area contributed by atoms with Crippen molar-refractivity contribution in [1.29, 1.82) is 0 Å². The fraction of sp³-hybridized carbons (Fsp3) is 0.333. The minimum absolute atomic E-state index is 0. The molecule has 2 heteroatoms. The third-order valence-electron chi connectivity index (χ3n) is 0.952. The summed E-state index contributed by atoms with van der Waals surface area (Å²) in [5.41, 5.74) is 1.16. The van der Waals surface area contributed by atoms with Crippen LogP contribution in [0, 0.1) is 13.0 Å². The van der Waals surface area contributed by atoms with Crippen molar-refractivity contribution in [2.45, 2.75) is 25.7 Å². The van der Waals surface area contributed by atoms with Gasteiger partial charge in [0.1, 0.15) is 0 Å². The molecule has 0 amide bonds. The summed E-state index contributed by atoms with van der Waals surface area (Å²) in [5, 5.41) is 0. The SMILES string of the molecule is CC.Cc1[c-]cc(S)cc1.[K+]. The predicted molar refractivity (Wildman–Crippen MR) is 48.6 cm³/mol. The molecule has 56 valence electrons. The van der Waals surface area contributed by atoms with E-state index < -0.39 is 0 Å². The third kappa shape index (κ3) is 7.56. The molecule has 0 saturated carbocycles. The Morgan fingerprint density at radius 1 is 1.27 bits per heavy atom. The average Bonchev–Trinajstić information content (AvgIpc) is 2.00. The molecule has 0 aliphatic heterocycles. The number of hydrogen-bond donors (Lipinski definition) is 1. The first-order valence-electron chi connectivity index (χ1n) is 3.46. The standard InChI is InChI=1S/C7H7S.C2H6.K/c1-6-2-4-7(8)5-3-6;1-2;/h2,4-5,8H,1H3;1-2H3;/q-1;;+1. The van der Waals surface area contributed by atoms with Gasteiger partial charge in [-0.25, -0.2) is 12.6 Å². The van der Waals surface area contributed by atoms with Crippen molar-refractivity contribution in [3.63, 3.8) is 0 Å². The predicted octanol–water partition coefficient (Wildman–Crippen LogP) is 0.114. The van der Waals surface area contributed by atoms with Crippen LogP contribution in [0.15, 0.2) is 23.1 Å². The minimum Gasteiger partial charge on any atom is -0.213 e. The molecule has 0 fully saturated rings. The van der Waals surface area contributed by atoms with Gasteiger partial charge in [0.15, 0.2) is 0 Å². The van der Waals surface area contributed by atoms with Gasteiger partial charge >= 0.3 is 51.4 Å². The van der Waals surface area contributed by atoms with E-state index in [2.05, 4.69) is 18.7 Å². The maximum absolute atomic E-state index is 4.10. The number of aryl methyl sites for hydroxylation is 1. The summed E-state index contributed by atoms with van der Waals surface area (Å²) >= 11 is 4.10. The van der Waals surface area contributed by atoms with Crippen LogP contribution in [-0.4, -0.2) is 0 Å². The molecule has 1 rings (SSSR count). The molecule has 0 spiro atoms. The molecule has 0 radical (unpaired) electrons. The molecule has 11 heavy (non-hydrogen) atoms. The number of thiol groups is 1. The van der Waals surface area contributed by atoms with E-state index in [9.17, 15) is 0 Å². The summed E-state index contributed by atoms with van der Waals surface area (Å²) in [6.45, 7) is 6.01. The quantitative estimate of drug-likeness (QED) is 0.337. The Morgan fingerprint density at radius 2 is 1.82 bits per heavy atom. The van der Waals surface area contributed by atoms with Crippen LogP contribution in [0.25, 0.3) is 0 Å². The molecule has 0 aliphatic carbocycles. The molecular formula is C9H13KS. The van der Waals surface area contributed by atoms with Gasteiger partial charge in [0.2, 0.25) is 0 Å². The van der Waals surface area contributed by atoms with Gasteiger partial charge in [-0.05, 0) is 0 Å². The molecule has 0 unspecified atom stereocenters. The zero-order valence-electron chi connectivity index (χ0n) is 7.68. The molecule has 0 aliphatic rings. The Kier molecular flexibility index (Phi) is 12.4. The maximum Gasteiger partial charge on any atom is 1.00 e. The molecular weight excluding hydrogens is 179 g/mol. The van der Waals surface area contributed by atoms with Crippen molar-refractivity contribution in [3.8, 4) is 0 Å². The van der Waals surface area contributed by atoms with E-state index in [4.69, 9.17) is 0 Å². The van der Waals surface area contributed by atoms with E-state index >= 15 is 0 Å². The van der Waals surface area contributed by atoms with Gasteiger partial charge in [-0.2, -0.15) is 29.8 Å². The smallest absolute Gasteiger partial charge is 0.213 e. The van der Waals surface area contributed by atoms with E-state index in [0.717, 1.165) is 10.5 Å². The van der Waals surface area contributed by atoms with Gasteiger partial charge in [0, 0.05) is 0 Å². The van der Waals surface area contributed by atoms with Crippen LogP contribution in [-0.2, 0) is 0 Å². The summed E-state index contributed by atoms with van der Waals surface area (Å²) in [4.78, 5) is 0.968. The summed E-state index contributed by atoms with van der Waals surface area (Å²) in [6.07, 6.45) is 0. The van der Waals surface area contributed by atoms with Gasteiger partial charge in [0.05, 0.1) is 0 Å². The summed E-state index contributed by atoms with van der Waals surface area (Å²) in [6, 6.07) is 8.82. The van der Waals surface area contributed by atoms with Crippen molar-refractivity contribution >= 4 is 12.6 Å². The zero-order valence-corrected chi connectivity index (χ0v) is 11.7. The van der Waals surface area contributed by atoms with Crippen molar-refractivity contribution in [1.82, 2.24) is 0 Å². The monoisotopic (exact) mass is 192 g/mol. The van der Waals surface area contributed by atoms with Crippen molar-refractivity contribution in [3.05, 3.63) is 29.8 Å². The molecule has 1 aromatic carbocycles.